The Morgan fingerprint density at radius 3 is 2.04 bits per heavy atom. The first-order chi connectivity index (χ1) is 13.1. The van der Waals surface area contributed by atoms with Gasteiger partial charge in [0.1, 0.15) is 6.61 Å². The normalized spacial score (nSPS) is 10.4. The van der Waals surface area contributed by atoms with Gasteiger partial charge in [0.15, 0.2) is 0 Å². The highest BCUT2D eigenvalue weighted by Crippen LogP contribution is 2.15. The van der Waals surface area contributed by atoms with Crippen molar-refractivity contribution < 1.29 is 19.1 Å². The highest BCUT2D eigenvalue weighted by molar-refractivity contribution is 9.10. The van der Waals surface area contributed by atoms with Gasteiger partial charge < -0.3 is 9.47 Å². The van der Waals surface area contributed by atoms with Gasteiger partial charge in [-0.1, -0.05) is 72.8 Å². The Labute approximate surface area is 169 Å². The van der Waals surface area contributed by atoms with Crippen LogP contribution >= 0.6 is 15.9 Å². The van der Waals surface area contributed by atoms with Crippen molar-refractivity contribution in [1.82, 2.24) is 0 Å². The second-order valence-electron chi connectivity index (χ2n) is 6.30. The monoisotopic (exact) mass is 432 g/mol. The van der Waals surface area contributed by atoms with Crippen molar-refractivity contribution in [3.05, 3.63) is 69.7 Å². The molecule has 0 bridgehead atoms. The number of benzene rings is 2. The van der Waals surface area contributed by atoms with Crippen molar-refractivity contribution in [1.29, 1.82) is 0 Å². The van der Waals surface area contributed by atoms with E-state index in [-0.39, 0.29) is 17.7 Å². The van der Waals surface area contributed by atoms with Crippen molar-refractivity contribution in [2.24, 2.45) is 0 Å². The first kappa shape index (κ1) is 21.2. The van der Waals surface area contributed by atoms with Crippen molar-refractivity contribution >= 4 is 27.9 Å². The Morgan fingerprint density at radius 1 is 0.815 bits per heavy atom. The van der Waals surface area contributed by atoms with Crippen LogP contribution in [0, 0.1) is 0 Å². The molecule has 0 N–H and O–H groups in total. The van der Waals surface area contributed by atoms with Crippen LogP contribution in [0.4, 0.5) is 0 Å². The van der Waals surface area contributed by atoms with E-state index in [1.54, 1.807) is 24.3 Å². The number of carbonyl (C=O) groups is 2. The van der Waals surface area contributed by atoms with Crippen LogP contribution in [-0.2, 0) is 16.1 Å². The molecular formula is C22H25BrO4. The van der Waals surface area contributed by atoms with E-state index in [9.17, 15) is 9.59 Å². The Kier molecular flexibility index (Phi) is 9.05. The van der Waals surface area contributed by atoms with E-state index >= 15 is 0 Å². The molecule has 0 atom stereocenters. The predicted molar refractivity (Wildman–Crippen MR) is 109 cm³/mol. The Morgan fingerprint density at radius 2 is 1.41 bits per heavy atom. The van der Waals surface area contributed by atoms with Gasteiger partial charge in [-0.25, -0.2) is 9.59 Å². The van der Waals surface area contributed by atoms with E-state index in [4.69, 9.17) is 9.47 Å². The highest BCUT2D eigenvalue weighted by Gasteiger charge is 2.19. The zero-order valence-electron chi connectivity index (χ0n) is 15.6. The smallest absolute Gasteiger partial charge is 0.339 e. The summed E-state index contributed by atoms with van der Waals surface area (Å²) in [6, 6.07) is 14.1. The predicted octanol–water partition coefficient (Wildman–Crippen LogP) is 5.93. The standard InChI is InChI=1S/C22H25BrO4/c1-2-3-4-5-8-15-26-21(24)19-9-6-7-10-20(19)22(25)27-16-17-11-13-18(23)14-12-17/h6-7,9-14H,2-5,8,15-16H2,1H3. The molecule has 0 amide bonds. The molecule has 0 aliphatic carbocycles. The molecule has 0 spiro atoms. The molecule has 0 unspecified atom stereocenters. The number of rotatable bonds is 10. The number of halogens is 1. The fourth-order valence-electron chi connectivity index (χ4n) is 2.59. The fraction of sp³-hybridized carbons (Fsp3) is 0.364. The maximum absolute atomic E-state index is 12.4. The summed E-state index contributed by atoms with van der Waals surface area (Å²) in [7, 11) is 0. The molecule has 0 fully saturated rings. The molecular weight excluding hydrogens is 408 g/mol. The average Bonchev–Trinajstić information content (AvgIpc) is 2.69. The van der Waals surface area contributed by atoms with E-state index < -0.39 is 11.9 Å². The fourth-order valence-corrected chi connectivity index (χ4v) is 2.86. The lowest BCUT2D eigenvalue weighted by molar-refractivity contribution is 0.0436. The second kappa shape index (κ2) is 11.5. The van der Waals surface area contributed by atoms with Crippen LogP contribution in [0.2, 0.25) is 0 Å². The van der Waals surface area contributed by atoms with Gasteiger partial charge in [-0.05, 0) is 36.2 Å². The highest BCUT2D eigenvalue weighted by atomic mass is 79.9. The molecule has 0 aliphatic heterocycles. The maximum atomic E-state index is 12.4. The Hall–Kier alpha value is -2.14. The third-order valence-corrected chi connectivity index (χ3v) is 4.66. The van der Waals surface area contributed by atoms with Gasteiger partial charge in [-0.15, -0.1) is 0 Å². The first-order valence-electron chi connectivity index (χ1n) is 9.29. The van der Waals surface area contributed by atoms with Gasteiger partial charge in [-0.2, -0.15) is 0 Å². The number of unbranched alkanes of at least 4 members (excludes halogenated alkanes) is 4. The first-order valence-corrected chi connectivity index (χ1v) is 10.1. The molecule has 2 aromatic carbocycles. The minimum absolute atomic E-state index is 0.146. The van der Waals surface area contributed by atoms with Crippen LogP contribution < -0.4 is 0 Å². The Balaban J connectivity index is 1.90. The minimum Gasteiger partial charge on any atom is -0.462 e. The molecule has 4 nitrogen and oxygen atoms in total. The molecule has 0 aliphatic rings. The van der Waals surface area contributed by atoms with Gasteiger partial charge in [0.2, 0.25) is 0 Å². The SMILES string of the molecule is CCCCCCCOC(=O)c1ccccc1C(=O)OCc1ccc(Br)cc1. The lowest BCUT2D eigenvalue weighted by atomic mass is 10.1. The number of carbonyl (C=O) groups excluding carboxylic acids is 2. The number of ether oxygens (including phenoxy) is 2. The van der Waals surface area contributed by atoms with Crippen molar-refractivity contribution in [3.63, 3.8) is 0 Å². The van der Waals surface area contributed by atoms with E-state index in [2.05, 4.69) is 22.9 Å². The summed E-state index contributed by atoms with van der Waals surface area (Å²) in [6.45, 7) is 2.67. The molecule has 2 aromatic rings. The molecule has 0 aromatic heterocycles. The largest absolute Gasteiger partial charge is 0.462 e. The molecule has 0 heterocycles. The lowest BCUT2D eigenvalue weighted by Crippen LogP contribution is -2.14. The number of hydrogen-bond donors (Lipinski definition) is 0. The van der Waals surface area contributed by atoms with Crippen LogP contribution in [0.15, 0.2) is 53.0 Å². The van der Waals surface area contributed by atoms with Gasteiger partial charge in [0.05, 0.1) is 17.7 Å². The number of esters is 2. The topological polar surface area (TPSA) is 52.6 Å². The lowest BCUT2D eigenvalue weighted by Gasteiger charge is -2.10. The van der Waals surface area contributed by atoms with E-state index in [1.165, 1.54) is 12.8 Å². The summed E-state index contributed by atoms with van der Waals surface area (Å²) in [4.78, 5) is 24.8. The quantitative estimate of drug-likeness (QED) is 0.344. The van der Waals surface area contributed by atoms with Crippen LogP contribution in [0.1, 0.15) is 65.3 Å². The Bertz CT molecular complexity index is 740. The van der Waals surface area contributed by atoms with Crippen LogP contribution in [0.3, 0.4) is 0 Å². The zero-order valence-corrected chi connectivity index (χ0v) is 17.2. The summed E-state index contributed by atoms with van der Waals surface area (Å²) in [5.41, 5.74) is 1.34. The molecule has 5 heteroatoms. The van der Waals surface area contributed by atoms with E-state index in [1.807, 2.05) is 24.3 Å². The third kappa shape index (κ3) is 7.18. The van der Waals surface area contributed by atoms with Crippen LogP contribution in [0.5, 0.6) is 0 Å². The van der Waals surface area contributed by atoms with Crippen molar-refractivity contribution in [3.8, 4) is 0 Å². The second-order valence-corrected chi connectivity index (χ2v) is 7.21. The van der Waals surface area contributed by atoms with Gasteiger partial charge in [-0.3, -0.25) is 0 Å². The summed E-state index contributed by atoms with van der Waals surface area (Å²) >= 11 is 3.37. The average molecular weight is 433 g/mol. The maximum Gasteiger partial charge on any atom is 0.339 e. The molecule has 27 heavy (non-hydrogen) atoms. The van der Waals surface area contributed by atoms with Crippen molar-refractivity contribution in [2.75, 3.05) is 6.61 Å². The van der Waals surface area contributed by atoms with Crippen molar-refractivity contribution in [2.45, 2.75) is 45.6 Å². The van der Waals surface area contributed by atoms with Gasteiger partial charge in [0, 0.05) is 4.47 Å². The summed E-state index contributed by atoms with van der Waals surface area (Å²) in [6.07, 6.45) is 5.39. The van der Waals surface area contributed by atoms with Gasteiger partial charge in [0.25, 0.3) is 0 Å². The molecule has 0 saturated heterocycles. The molecule has 2 rings (SSSR count). The summed E-state index contributed by atoms with van der Waals surface area (Å²) in [5.74, 6) is -1.02. The third-order valence-electron chi connectivity index (χ3n) is 4.13. The van der Waals surface area contributed by atoms with Crippen LogP contribution in [0.25, 0.3) is 0 Å². The minimum atomic E-state index is -0.534. The van der Waals surface area contributed by atoms with E-state index in [0.717, 1.165) is 29.3 Å². The summed E-state index contributed by atoms with van der Waals surface area (Å²) in [5, 5.41) is 0. The van der Waals surface area contributed by atoms with E-state index in [0.29, 0.717) is 6.61 Å². The zero-order chi connectivity index (χ0) is 19.5. The van der Waals surface area contributed by atoms with Gasteiger partial charge >= 0.3 is 11.9 Å². The van der Waals surface area contributed by atoms with Crippen LogP contribution in [-0.4, -0.2) is 18.5 Å². The molecule has 0 saturated carbocycles. The molecule has 144 valence electrons. The number of hydrogen-bond acceptors (Lipinski definition) is 4. The summed E-state index contributed by atoms with van der Waals surface area (Å²) < 4.78 is 11.6. The molecule has 0 radical (unpaired) electrons.